The average molecular weight is 373 g/mol. The average Bonchev–Trinajstić information content (AvgIpc) is 2.67. The lowest BCUT2D eigenvalue weighted by Crippen LogP contribution is -2.38. The Morgan fingerprint density at radius 2 is 2.11 bits per heavy atom. The van der Waals surface area contributed by atoms with Crippen molar-refractivity contribution in [3.63, 3.8) is 0 Å². The molecule has 6 heteroatoms. The second-order valence-corrected chi connectivity index (χ2v) is 7.30. The zero-order valence-electron chi connectivity index (χ0n) is 15.8. The highest BCUT2D eigenvalue weighted by Gasteiger charge is 2.25. The highest BCUT2D eigenvalue weighted by atomic mass is 19.1. The van der Waals surface area contributed by atoms with Crippen LogP contribution < -0.4 is 4.90 Å². The first-order valence-corrected chi connectivity index (χ1v) is 9.31. The molecule has 144 valence electrons. The first-order valence-electron chi connectivity index (χ1n) is 9.31. The lowest BCUT2D eigenvalue weighted by molar-refractivity contribution is 0.0827. The molecular weight excluding hydrogens is 348 g/mol. The van der Waals surface area contributed by atoms with Gasteiger partial charge < -0.3 is 9.80 Å². The van der Waals surface area contributed by atoms with Gasteiger partial charge >= 0.3 is 0 Å². The molecule has 0 saturated carbocycles. The Morgan fingerprint density at radius 3 is 2.85 bits per heavy atom. The minimum atomic E-state index is -0.548. The molecule has 1 fully saturated rings. The van der Waals surface area contributed by atoms with Crippen LogP contribution in [0.2, 0.25) is 0 Å². The van der Waals surface area contributed by atoms with Crippen LogP contribution in [0.3, 0.4) is 0 Å². The summed E-state index contributed by atoms with van der Waals surface area (Å²) in [6, 6.07) is 7.35. The lowest BCUT2D eigenvalue weighted by atomic mass is 9.91. The molecule has 1 saturated heterocycles. The van der Waals surface area contributed by atoms with Crippen LogP contribution in [-0.2, 0) is 6.42 Å². The molecule has 1 aliphatic heterocycles. The number of halogens is 2. The summed E-state index contributed by atoms with van der Waals surface area (Å²) in [5.74, 6) is 0.00887. The maximum Gasteiger partial charge on any atom is 0.257 e. The van der Waals surface area contributed by atoms with Crippen LogP contribution in [0.15, 0.2) is 36.5 Å². The molecule has 0 N–H and O–H groups in total. The van der Waals surface area contributed by atoms with Gasteiger partial charge in [0.25, 0.3) is 5.91 Å². The summed E-state index contributed by atoms with van der Waals surface area (Å²) in [5.41, 5.74) is 1.16. The summed E-state index contributed by atoms with van der Waals surface area (Å²) in [6.07, 6.45) is 5.17. The van der Waals surface area contributed by atoms with Crippen LogP contribution in [0.5, 0.6) is 0 Å². The van der Waals surface area contributed by atoms with Gasteiger partial charge in [-0.05, 0) is 55.4 Å². The fourth-order valence-corrected chi connectivity index (χ4v) is 3.63. The van der Waals surface area contributed by atoms with E-state index in [1.807, 2.05) is 6.07 Å². The molecule has 4 nitrogen and oxygen atoms in total. The third-order valence-electron chi connectivity index (χ3n) is 5.08. The van der Waals surface area contributed by atoms with E-state index in [1.165, 1.54) is 12.1 Å². The maximum atomic E-state index is 13.9. The summed E-state index contributed by atoms with van der Waals surface area (Å²) in [6.45, 7) is 1.64. The second-order valence-electron chi connectivity index (χ2n) is 7.30. The lowest BCUT2D eigenvalue weighted by Gasteiger charge is -2.34. The minimum Gasteiger partial charge on any atom is -0.356 e. The largest absolute Gasteiger partial charge is 0.356 e. The van der Waals surface area contributed by atoms with Crippen LogP contribution in [0.25, 0.3) is 0 Å². The monoisotopic (exact) mass is 373 g/mol. The number of pyridine rings is 1. The molecule has 2 heterocycles. The number of nitrogens with zero attached hydrogens (tertiary/aromatic N) is 3. The van der Waals surface area contributed by atoms with Crippen molar-refractivity contribution < 1.29 is 13.6 Å². The highest BCUT2D eigenvalue weighted by Crippen LogP contribution is 2.28. The number of aryl methyl sites for hydroxylation is 1. The summed E-state index contributed by atoms with van der Waals surface area (Å²) in [5, 5.41) is 0. The molecule has 0 spiro atoms. The van der Waals surface area contributed by atoms with Crippen LogP contribution in [0, 0.1) is 17.6 Å². The standard InChI is InChI=1S/C21H25F2N3O/c1-25(2)21(27)18-6-3-11-24-20(18)26-12-4-5-15(14-26)7-8-16-9-10-17(22)13-19(16)23/h3,6,9-11,13,15H,4-5,7-8,12,14H2,1-2H3/t15-/m0/s1. The fourth-order valence-electron chi connectivity index (χ4n) is 3.63. The number of rotatable bonds is 5. The Labute approximate surface area is 158 Å². The molecule has 1 aromatic carbocycles. The molecule has 3 rings (SSSR count). The third-order valence-corrected chi connectivity index (χ3v) is 5.08. The number of aromatic nitrogens is 1. The molecule has 1 aromatic heterocycles. The molecule has 0 bridgehead atoms. The smallest absolute Gasteiger partial charge is 0.257 e. The van der Waals surface area contributed by atoms with Gasteiger partial charge in [-0.1, -0.05) is 6.07 Å². The Balaban J connectivity index is 1.69. The van der Waals surface area contributed by atoms with Crippen molar-refractivity contribution in [3.05, 3.63) is 59.3 Å². The predicted molar refractivity (Wildman–Crippen MR) is 102 cm³/mol. The van der Waals surface area contributed by atoms with Gasteiger partial charge in [0.2, 0.25) is 0 Å². The molecule has 2 aromatic rings. The Hall–Kier alpha value is -2.50. The zero-order chi connectivity index (χ0) is 19.4. The number of amides is 1. The van der Waals surface area contributed by atoms with Crippen molar-refractivity contribution in [2.24, 2.45) is 5.92 Å². The van der Waals surface area contributed by atoms with Gasteiger partial charge in [0, 0.05) is 39.4 Å². The van der Waals surface area contributed by atoms with Crippen molar-refractivity contribution >= 4 is 11.7 Å². The number of carbonyl (C=O) groups is 1. The van der Waals surface area contributed by atoms with Gasteiger partial charge in [0.05, 0.1) is 5.56 Å². The summed E-state index contributed by atoms with van der Waals surface area (Å²) in [4.78, 5) is 20.6. The third kappa shape index (κ3) is 4.62. The summed E-state index contributed by atoms with van der Waals surface area (Å²) < 4.78 is 26.9. The molecule has 0 unspecified atom stereocenters. The Bertz CT molecular complexity index is 810. The van der Waals surface area contributed by atoms with Crippen LogP contribution in [0.1, 0.15) is 35.2 Å². The van der Waals surface area contributed by atoms with E-state index in [0.29, 0.717) is 29.3 Å². The van der Waals surface area contributed by atoms with E-state index in [-0.39, 0.29) is 5.91 Å². The van der Waals surface area contributed by atoms with Gasteiger partial charge in [-0.2, -0.15) is 0 Å². The van der Waals surface area contributed by atoms with Crippen molar-refractivity contribution in [1.29, 1.82) is 0 Å². The molecule has 1 amide bonds. The van der Waals surface area contributed by atoms with Gasteiger partial charge in [0.1, 0.15) is 17.5 Å². The van der Waals surface area contributed by atoms with E-state index in [0.717, 1.165) is 38.4 Å². The maximum absolute atomic E-state index is 13.9. The van der Waals surface area contributed by atoms with Crippen molar-refractivity contribution in [1.82, 2.24) is 9.88 Å². The van der Waals surface area contributed by atoms with E-state index >= 15 is 0 Å². The Morgan fingerprint density at radius 1 is 1.30 bits per heavy atom. The zero-order valence-corrected chi connectivity index (χ0v) is 15.8. The van der Waals surface area contributed by atoms with Crippen molar-refractivity contribution in [2.45, 2.75) is 25.7 Å². The summed E-state index contributed by atoms with van der Waals surface area (Å²) >= 11 is 0. The van der Waals surface area contributed by atoms with E-state index in [2.05, 4.69) is 9.88 Å². The Kier molecular flexibility index (Phi) is 6.04. The molecule has 1 aliphatic rings. The van der Waals surface area contributed by atoms with Crippen molar-refractivity contribution in [3.8, 4) is 0 Å². The first-order chi connectivity index (χ1) is 13.0. The van der Waals surface area contributed by atoms with E-state index in [4.69, 9.17) is 0 Å². The number of piperidine rings is 1. The minimum absolute atomic E-state index is 0.0615. The molecule has 0 radical (unpaired) electrons. The van der Waals surface area contributed by atoms with E-state index < -0.39 is 11.6 Å². The number of hydrogen-bond donors (Lipinski definition) is 0. The van der Waals surface area contributed by atoms with Crippen LogP contribution >= 0.6 is 0 Å². The highest BCUT2D eigenvalue weighted by molar-refractivity contribution is 5.98. The number of benzene rings is 1. The number of anilines is 1. The van der Waals surface area contributed by atoms with E-state index in [1.54, 1.807) is 31.3 Å². The van der Waals surface area contributed by atoms with Gasteiger partial charge in [-0.15, -0.1) is 0 Å². The van der Waals surface area contributed by atoms with Crippen LogP contribution in [0.4, 0.5) is 14.6 Å². The quantitative estimate of drug-likeness (QED) is 0.797. The van der Waals surface area contributed by atoms with Gasteiger partial charge in [-0.25, -0.2) is 13.8 Å². The molecule has 0 aliphatic carbocycles. The number of carbonyl (C=O) groups excluding carboxylic acids is 1. The second kappa shape index (κ2) is 8.46. The van der Waals surface area contributed by atoms with Gasteiger partial charge in [-0.3, -0.25) is 4.79 Å². The topological polar surface area (TPSA) is 36.4 Å². The summed E-state index contributed by atoms with van der Waals surface area (Å²) in [7, 11) is 3.46. The SMILES string of the molecule is CN(C)C(=O)c1cccnc1N1CCC[C@@H](CCc2ccc(F)cc2F)C1. The number of hydrogen-bond acceptors (Lipinski definition) is 3. The predicted octanol–water partition coefficient (Wildman–Crippen LogP) is 3.91. The van der Waals surface area contributed by atoms with Crippen molar-refractivity contribution in [2.75, 3.05) is 32.1 Å². The first kappa shape index (κ1) is 19.3. The van der Waals surface area contributed by atoms with Gasteiger partial charge in [0.15, 0.2) is 0 Å². The molecule has 1 atom stereocenters. The van der Waals surface area contributed by atoms with E-state index in [9.17, 15) is 13.6 Å². The molecule has 27 heavy (non-hydrogen) atoms. The molecular formula is C21H25F2N3O. The normalized spacial score (nSPS) is 17.0. The fraction of sp³-hybridized carbons (Fsp3) is 0.429. The van der Waals surface area contributed by atoms with Crippen LogP contribution in [-0.4, -0.2) is 43.0 Å².